The van der Waals surface area contributed by atoms with Gasteiger partial charge in [-0.1, -0.05) is 28.9 Å². The van der Waals surface area contributed by atoms with Crippen LogP contribution in [0.1, 0.15) is 24.8 Å². The number of carbonyl (C=O) groups is 1. The Morgan fingerprint density at radius 3 is 3.00 bits per heavy atom. The van der Waals surface area contributed by atoms with Gasteiger partial charge >= 0.3 is 6.03 Å². The zero-order valence-corrected chi connectivity index (χ0v) is 16.3. The smallest absolute Gasteiger partial charge is 0.322 e. The largest absolute Gasteiger partial charge is 0.497 e. The van der Waals surface area contributed by atoms with Gasteiger partial charge in [0.25, 0.3) is 0 Å². The lowest BCUT2D eigenvalue weighted by atomic mass is 10.2. The maximum Gasteiger partial charge on any atom is 0.322 e. The van der Waals surface area contributed by atoms with Gasteiger partial charge < -0.3 is 19.5 Å². The Labute approximate surface area is 171 Å². The van der Waals surface area contributed by atoms with E-state index in [1.165, 1.54) is 18.2 Å². The second-order valence-corrected chi connectivity index (χ2v) is 7.01. The highest BCUT2D eigenvalue weighted by Gasteiger charge is 2.34. The fraction of sp³-hybridized carbons (Fsp3) is 0.250. The zero-order valence-electron chi connectivity index (χ0n) is 15.6. The summed E-state index contributed by atoms with van der Waals surface area (Å²) in [5, 5.41) is 6.73. The number of rotatable bonds is 4. The Morgan fingerprint density at radius 1 is 1.34 bits per heavy atom. The highest BCUT2D eigenvalue weighted by molar-refractivity contribution is 6.31. The van der Waals surface area contributed by atoms with Crippen LogP contribution in [0.4, 0.5) is 14.9 Å². The molecule has 0 radical (unpaired) electrons. The minimum absolute atomic E-state index is 0.0550. The Bertz CT molecular complexity index is 1040. The normalized spacial score (nSPS) is 16.1. The van der Waals surface area contributed by atoms with E-state index < -0.39 is 5.82 Å². The second kappa shape index (κ2) is 8.08. The summed E-state index contributed by atoms with van der Waals surface area (Å²) in [5.74, 6) is 0.942. The molecular weight excluding hydrogens is 399 g/mol. The topological polar surface area (TPSA) is 80.5 Å². The lowest BCUT2D eigenvalue weighted by molar-refractivity contribution is 0.193. The lowest BCUT2D eigenvalue weighted by Crippen LogP contribution is -2.34. The van der Waals surface area contributed by atoms with Crippen molar-refractivity contribution in [2.45, 2.75) is 18.9 Å². The van der Waals surface area contributed by atoms with Crippen molar-refractivity contribution >= 4 is 23.3 Å². The summed E-state index contributed by atoms with van der Waals surface area (Å²) < 4.78 is 24.0. The molecule has 2 aromatic carbocycles. The number of carbonyl (C=O) groups excluding carboxylic acids is 1. The van der Waals surface area contributed by atoms with Crippen LogP contribution in [-0.2, 0) is 0 Å². The highest BCUT2D eigenvalue weighted by atomic mass is 35.5. The Balaban J connectivity index is 1.51. The zero-order chi connectivity index (χ0) is 20.4. The molecule has 1 aromatic heterocycles. The van der Waals surface area contributed by atoms with E-state index in [1.54, 1.807) is 12.0 Å². The number of nitrogens with one attached hydrogen (secondary N) is 1. The van der Waals surface area contributed by atoms with Crippen LogP contribution >= 0.6 is 11.6 Å². The van der Waals surface area contributed by atoms with E-state index in [0.717, 1.165) is 12.0 Å². The molecule has 4 rings (SSSR count). The average Bonchev–Trinajstić information content (AvgIpc) is 3.40. The molecule has 3 aromatic rings. The fourth-order valence-electron chi connectivity index (χ4n) is 3.29. The quantitative estimate of drug-likeness (QED) is 0.653. The first-order chi connectivity index (χ1) is 14.0. The monoisotopic (exact) mass is 416 g/mol. The van der Waals surface area contributed by atoms with Crippen LogP contribution in [0.3, 0.4) is 0 Å². The van der Waals surface area contributed by atoms with Gasteiger partial charge in [0.05, 0.1) is 12.1 Å². The maximum atomic E-state index is 13.3. The molecule has 0 aliphatic carbocycles. The van der Waals surface area contributed by atoms with Crippen LogP contribution in [0.5, 0.6) is 5.75 Å². The standard InChI is InChI=1S/C20H18ClFN4O3/c1-28-14-5-2-4-12(10-14)18-24-19(29-25-18)17-6-3-9-26(17)20(27)23-13-7-8-16(22)15(21)11-13/h2,4-5,7-8,10-11,17H,3,6,9H2,1H3,(H,23,27). The molecule has 1 unspecified atom stereocenters. The SMILES string of the molecule is COc1cccc(-c2noc(C3CCCN3C(=O)Nc3ccc(F)c(Cl)c3)n2)c1. The summed E-state index contributed by atoms with van der Waals surface area (Å²) >= 11 is 5.78. The maximum absolute atomic E-state index is 13.3. The Kier molecular flexibility index (Phi) is 5.35. The van der Waals surface area contributed by atoms with Gasteiger partial charge in [0.1, 0.15) is 17.6 Å². The molecule has 150 valence electrons. The number of nitrogens with zero attached hydrogens (tertiary/aromatic N) is 3. The van der Waals surface area contributed by atoms with Gasteiger partial charge in [-0.05, 0) is 43.2 Å². The molecule has 1 aliphatic rings. The minimum Gasteiger partial charge on any atom is -0.497 e. The number of aromatic nitrogens is 2. The molecule has 1 aliphatic heterocycles. The van der Waals surface area contributed by atoms with Gasteiger partial charge in [-0.15, -0.1) is 0 Å². The van der Waals surface area contributed by atoms with E-state index in [2.05, 4.69) is 15.5 Å². The summed E-state index contributed by atoms with van der Waals surface area (Å²) in [4.78, 5) is 18.8. The van der Waals surface area contributed by atoms with Crippen LogP contribution in [0.15, 0.2) is 47.0 Å². The predicted octanol–water partition coefficient (Wildman–Crippen LogP) is 4.91. The van der Waals surface area contributed by atoms with Crippen LogP contribution in [0.25, 0.3) is 11.4 Å². The number of benzene rings is 2. The van der Waals surface area contributed by atoms with Gasteiger partial charge in [-0.2, -0.15) is 4.98 Å². The first-order valence-corrected chi connectivity index (χ1v) is 9.43. The average molecular weight is 417 g/mol. The molecule has 0 bridgehead atoms. The number of anilines is 1. The van der Waals surface area contributed by atoms with Crippen molar-refractivity contribution in [3.05, 3.63) is 59.2 Å². The summed E-state index contributed by atoms with van der Waals surface area (Å²) in [5.41, 5.74) is 1.17. The first kappa shape index (κ1) is 19.2. The molecule has 2 amide bonds. The summed E-state index contributed by atoms with van der Waals surface area (Å²) in [6.07, 6.45) is 1.51. The van der Waals surface area contributed by atoms with Crippen molar-refractivity contribution in [2.24, 2.45) is 0 Å². The Morgan fingerprint density at radius 2 is 2.21 bits per heavy atom. The van der Waals surface area contributed by atoms with E-state index in [-0.39, 0.29) is 17.1 Å². The van der Waals surface area contributed by atoms with E-state index in [1.807, 2.05) is 24.3 Å². The molecule has 2 heterocycles. The van der Waals surface area contributed by atoms with Crippen LogP contribution in [0.2, 0.25) is 5.02 Å². The van der Waals surface area contributed by atoms with Gasteiger partial charge in [0.15, 0.2) is 0 Å². The number of halogens is 2. The van der Waals surface area contributed by atoms with Crippen molar-refractivity contribution in [2.75, 3.05) is 19.0 Å². The third kappa shape index (κ3) is 4.02. The number of hydrogen-bond donors (Lipinski definition) is 1. The third-order valence-corrected chi connectivity index (χ3v) is 5.03. The fourth-order valence-corrected chi connectivity index (χ4v) is 3.47. The second-order valence-electron chi connectivity index (χ2n) is 6.60. The Hall–Kier alpha value is -3.13. The number of urea groups is 1. The predicted molar refractivity (Wildman–Crippen MR) is 105 cm³/mol. The molecule has 0 spiro atoms. The molecule has 7 nitrogen and oxygen atoms in total. The number of likely N-dealkylation sites (tertiary alicyclic amines) is 1. The molecular formula is C20H18ClFN4O3. The molecule has 1 saturated heterocycles. The van der Waals surface area contributed by atoms with Crippen molar-refractivity contribution < 1.29 is 18.4 Å². The number of ether oxygens (including phenoxy) is 1. The molecule has 1 N–H and O–H groups in total. The number of hydrogen-bond acceptors (Lipinski definition) is 5. The van der Waals surface area contributed by atoms with E-state index in [4.69, 9.17) is 20.9 Å². The number of methoxy groups -OCH3 is 1. The molecule has 0 saturated carbocycles. The van der Waals surface area contributed by atoms with Gasteiger partial charge in [0.2, 0.25) is 11.7 Å². The first-order valence-electron chi connectivity index (χ1n) is 9.06. The number of amides is 2. The van der Waals surface area contributed by atoms with Crippen molar-refractivity contribution in [1.29, 1.82) is 0 Å². The van der Waals surface area contributed by atoms with Crippen LogP contribution < -0.4 is 10.1 Å². The molecule has 1 atom stereocenters. The van der Waals surface area contributed by atoms with Crippen LogP contribution in [-0.4, -0.2) is 34.7 Å². The lowest BCUT2D eigenvalue weighted by Gasteiger charge is -2.22. The van der Waals surface area contributed by atoms with Crippen LogP contribution in [0, 0.1) is 5.82 Å². The third-order valence-electron chi connectivity index (χ3n) is 4.74. The molecule has 1 fully saturated rings. The van der Waals surface area contributed by atoms with Crippen molar-refractivity contribution in [3.63, 3.8) is 0 Å². The van der Waals surface area contributed by atoms with Crippen molar-refractivity contribution in [1.82, 2.24) is 15.0 Å². The summed E-state index contributed by atoms with van der Waals surface area (Å²) in [6, 6.07) is 10.7. The van der Waals surface area contributed by atoms with Gasteiger partial charge in [0, 0.05) is 17.8 Å². The highest BCUT2D eigenvalue weighted by Crippen LogP contribution is 2.33. The van der Waals surface area contributed by atoms with Gasteiger partial charge in [-0.25, -0.2) is 9.18 Å². The molecule has 9 heteroatoms. The summed E-state index contributed by atoms with van der Waals surface area (Å²) in [6.45, 7) is 0.544. The van der Waals surface area contributed by atoms with E-state index in [9.17, 15) is 9.18 Å². The summed E-state index contributed by atoms with van der Waals surface area (Å²) in [7, 11) is 1.59. The van der Waals surface area contributed by atoms with Gasteiger partial charge in [-0.3, -0.25) is 0 Å². The minimum atomic E-state index is -0.542. The van der Waals surface area contributed by atoms with Crippen molar-refractivity contribution in [3.8, 4) is 17.1 Å². The van der Waals surface area contributed by atoms with E-state index in [0.29, 0.717) is 36.1 Å². The van der Waals surface area contributed by atoms with E-state index >= 15 is 0 Å². The molecule has 29 heavy (non-hydrogen) atoms.